The molecule has 1 aliphatic carbocycles. The molecule has 0 unspecified atom stereocenters. The summed E-state index contributed by atoms with van der Waals surface area (Å²) in [7, 11) is 0. The van der Waals surface area contributed by atoms with Crippen LogP contribution in [0.2, 0.25) is 0 Å². The van der Waals surface area contributed by atoms with E-state index in [9.17, 15) is 9.59 Å². The van der Waals surface area contributed by atoms with Crippen LogP contribution in [0.1, 0.15) is 162 Å². The summed E-state index contributed by atoms with van der Waals surface area (Å²) in [6.07, 6.45) is 27.3. The fraction of sp³-hybridized carbons (Fsp3) is 0.935. The van der Waals surface area contributed by atoms with Crippen molar-refractivity contribution in [2.75, 3.05) is 13.2 Å². The maximum atomic E-state index is 12.4. The summed E-state index contributed by atoms with van der Waals surface area (Å²) in [5, 5.41) is 0. The molecule has 0 radical (unpaired) electrons. The van der Waals surface area contributed by atoms with Gasteiger partial charge in [-0.3, -0.25) is 9.59 Å². The number of hydrogen-bond acceptors (Lipinski definition) is 4. The molecule has 1 rings (SSSR count). The van der Waals surface area contributed by atoms with E-state index < -0.39 is 0 Å². The molecule has 0 N–H and O–H groups in total. The molecule has 0 aromatic heterocycles. The average Bonchev–Trinajstić information content (AvgIpc) is 2.88. The molecule has 0 saturated heterocycles. The first-order chi connectivity index (χ1) is 17.2. The van der Waals surface area contributed by atoms with Gasteiger partial charge >= 0.3 is 11.9 Å². The molecule has 0 atom stereocenters. The summed E-state index contributed by atoms with van der Waals surface area (Å²) < 4.78 is 11.1. The molecule has 0 bridgehead atoms. The minimum Gasteiger partial charge on any atom is -0.465 e. The van der Waals surface area contributed by atoms with Gasteiger partial charge in [0.1, 0.15) is 0 Å². The van der Waals surface area contributed by atoms with Crippen LogP contribution in [-0.4, -0.2) is 25.2 Å². The summed E-state index contributed by atoms with van der Waals surface area (Å²) in [6.45, 7) is 5.61. The molecule has 0 aromatic rings. The molecule has 0 aliphatic heterocycles. The van der Waals surface area contributed by atoms with Crippen molar-refractivity contribution >= 4 is 11.9 Å². The lowest BCUT2D eigenvalue weighted by Crippen LogP contribution is -2.28. The highest BCUT2D eigenvalue weighted by molar-refractivity contribution is 5.75. The Labute approximate surface area is 217 Å². The lowest BCUT2D eigenvalue weighted by Gasteiger charge is -2.26. The van der Waals surface area contributed by atoms with Crippen LogP contribution < -0.4 is 0 Å². The number of carbonyl (C=O) groups is 2. The minimum atomic E-state index is -0.0539. The van der Waals surface area contributed by atoms with Gasteiger partial charge in [-0.2, -0.15) is 0 Å². The molecule has 4 nitrogen and oxygen atoms in total. The Morgan fingerprint density at radius 1 is 0.457 bits per heavy atom. The lowest BCUT2D eigenvalue weighted by molar-refractivity contribution is -0.155. The van der Waals surface area contributed by atoms with Gasteiger partial charge in [0.2, 0.25) is 0 Å². The smallest absolute Gasteiger partial charge is 0.308 e. The number of hydrogen-bond donors (Lipinski definition) is 0. The van der Waals surface area contributed by atoms with Gasteiger partial charge in [0.25, 0.3) is 0 Å². The maximum absolute atomic E-state index is 12.4. The zero-order chi connectivity index (χ0) is 25.4. The standard InChI is InChI=1S/C31H58O4/c1-3-5-7-9-11-13-15-17-19-21-27-35-31(33)29-24-22-28(23-25-29)30(32)34-26-20-18-16-14-12-10-8-6-4-2/h28-29H,3-27H2,1-2H3. The van der Waals surface area contributed by atoms with Gasteiger partial charge in [0.05, 0.1) is 25.0 Å². The first kappa shape index (κ1) is 32.0. The van der Waals surface area contributed by atoms with Crippen LogP contribution >= 0.6 is 0 Å². The lowest BCUT2D eigenvalue weighted by atomic mass is 9.82. The Morgan fingerprint density at radius 3 is 1.00 bits per heavy atom. The van der Waals surface area contributed by atoms with Crippen LogP contribution in [0.4, 0.5) is 0 Å². The van der Waals surface area contributed by atoms with Gasteiger partial charge in [-0.05, 0) is 38.5 Å². The summed E-state index contributed by atoms with van der Waals surface area (Å²) >= 11 is 0. The molecule has 0 heterocycles. The summed E-state index contributed by atoms with van der Waals surface area (Å²) in [4.78, 5) is 24.7. The molecule has 1 aliphatic rings. The second-order valence-corrected chi connectivity index (χ2v) is 10.9. The van der Waals surface area contributed by atoms with Crippen molar-refractivity contribution < 1.29 is 19.1 Å². The van der Waals surface area contributed by atoms with Crippen molar-refractivity contribution in [3.8, 4) is 0 Å². The topological polar surface area (TPSA) is 52.6 Å². The van der Waals surface area contributed by atoms with Crippen molar-refractivity contribution in [3.05, 3.63) is 0 Å². The monoisotopic (exact) mass is 494 g/mol. The van der Waals surface area contributed by atoms with E-state index in [1.165, 1.54) is 96.3 Å². The van der Waals surface area contributed by atoms with Crippen LogP contribution in [-0.2, 0) is 19.1 Å². The molecule has 4 heteroatoms. The molecule has 1 saturated carbocycles. The Hall–Kier alpha value is -1.06. The first-order valence-corrected chi connectivity index (χ1v) is 15.5. The van der Waals surface area contributed by atoms with Crippen LogP contribution in [0.5, 0.6) is 0 Å². The number of carbonyl (C=O) groups excluding carboxylic acids is 2. The van der Waals surface area contributed by atoms with Crippen molar-refractivity contribution in [1.29, 1.82) is 0 Å². The van der Waals surface area contributed by atoms with Crippen LogP contribution in [0.25, 0.3) is 0 Å². The van der Waals surface area contributed by atoms with Gasteiger partial charge in [0, 0.05) is 0 Å². The first-order valence-electron chi connectivity index (χ1n) is 15.5. The zero-order valence-electron chi connectivity index (χ0n) is 23.5. The van der Waals surface area contributed by atoms with E-state index in [0.29, 0.717) is 13.2 Å². The van der Waals surface area contributed by atoms with Crippen LogP contribution in [0.15, 0.2) is 0 Å². The highest BCUT2D eigenvalue weighted by Crippen LogP contribution is 2.30. The Bertz CT molecular complexity index is 496. The van der Waals surface area contributed by atoms with Crippen LogP contribution in [0, 0.1) is 11.8 Å². The number of rotatable bonds is 23. The van der Waals surface area contributed by atoms with Gasteiger partial charge in [-0.25, -0.2) is 0 Å². The van der Waals surface area contributed by atoms with Gasteiger partial charge in [0.15, 0.2) is 0 Å². The second-order valence-electron chi connectivity index (χ2n) is 10.9. The summed E-state index contributed by atoms with van der Waals surface area (Å²) in [5.41, 5.74) is 0. The fourth-order valence-corrected chi connectivity index (χ4v) is 5.15. The predicted molar refractivity (Wildman–Crippen MR) is 146 cm³/mol. The van der Waals surface area contributed by atoms with Gasteiger partial charge in [-0.15, -0.1) is 0 Å². The largest absolute Gasteiger partial charge is 0.465 e. The molecule has 0 aromatic carbocycles. The van der Waals surface area contributed by atoms with Gasteiger partial charge < -0.3 is 9.47 Å². The van der Waals surface area contributed by atoms with Crippen molar-refractivity contribution in [1.82, 2.24) is 0 Å². The molecule has 0 amide bonds. The highest BCUT2D eigenvalue weighted by atomic mass is 16.5. The van der Waals surface area contributed by atoms with E-state index in [2.05, 4.69) is 13.8 Å². The van der Waals surface area contributed by atoms with E-state index in [1.54, 1.807) is 0 Å². The van der Waals surface area contributed by atoms with E-state index in [0.717, 1.165) is 51.4 Å². The Balaban J connectivity index is 1.94. The van der Waals surface area contributed by atoms with Crippen molar-refractivity contribution in [2.24, 2.45) is 11.8 Å². The number of ether oxygens (including phenoxy) is 2. The maximum Gasteiger partial charge on any atom is 0.308 e. The number of esters is 2. The Kier molecular flexibility index (Phi) is 21.3. The molecule has 206 valence electrons. The molecule has 35 heavy (non-hydrogen) atoms. The summed E-state index contributed by atoms with van der Waals surface area (Å²) in [5.74, 6) is -0.164. The number of unbranched alkanes of at least 4 members (excludes halogenated alkanes) is 17. The minimum absolute atomic E-state index is 0.0282. The van der Waals surface area contributed by atoms with Crippen molar-refractivity contribution in [3.63, 3.8) is 0 Å². The third-order valence-corrected chi connectivity index (χ3v) is 7.63. The summed E-state index contributed by atoms with van der Waals surface area (Å²) in [6, 6.07) is 0. The predicted octanol–water partition coefficient (Wildman–Crippen LogP) is 9.33. The third kappa shape index (κ3) is 17.9. The SMILES string of the molecule is CCCCCCCCCCCCOC(=O)C1CCC(C(=O)OCCCCCCCCCCC)CC1. The molecule has 0 spiro atoms. The van der Waals surface area contributed by atoms with Gasteiger partial charge in [-0.1, -0.05) is 123 Å². The van der Waals surface area contributed by atoms with E-state index in [4.69, 9.17) is 9.47 Å². The van der Waals surface area contributed by atoms with E-state index >= 15 is 0 Å². The highest BCUT2D eigenvalue weighted by Gasteiger charge is 2.31. The zero-order valence-corrected chi connectivity index (χ0v) is 23.5. The quantitative estimate of drug-likeness (QED) is 0.105. The second kappa shape index (κ2) is 23.3. The normalized spacial score (nSPS) is 17.9. The third-order valence-electron chi connectivity index (χ3n) is 7.63. The van der Waals surface area contributed by atoms with Crippen molar-refractivity contribution in [2.45, 2.75) is 162 Å². The molecular weight excluding hydrogens is 436 g/mol. The molecular formula is C31H58O4. The fourth-order valence-electron chi connectivity index (χ4n) is 5.15. The van der Waals surface area contributed by atoms with E-state index in [-0.39, 0.29) is 23.8 Å². The van der Waals surface area contributed by atoms with E-state index in [1.807, 2.05) is 0 Å². The Morgan fingerprint density at radius 2 is 0.714 bits per heavy atom. The molecule has 1 fully saturated rings. The van der Waals surface area contributed by atoms with Crippen LogP contribution in [0.3, 0.4) is 0 Å². The average molecular weight is 495 g/mol.